The molecule has 0 radical (unpaired) electrons. The number of nitrogens with zero attached hydrogens (tertiary/aromatic N) is 1. The molecule has 0 N–H and O–H groups in total. The highest BCUT2D eigenvalue weighted by atomic mass is 32.1. The van der Waals surface area contributed by atoms with Crippen LogP contribution in [-0.2, 0) is 0 Å². The van der Waals surface area contributed by atoms with Gasteiger partial charge in [0.2, 0.25) is 0 Å². The Morgan fingerprint density at radius 1 is 1.43 bits per heavy atom. The van der Waals surface area contributed by atoms with Crippen molar-refractivity contribution in [1.29, 1.82) is 0 Å². The van der Waals surface area contributed by atoms with Gasteiger partial charge in [-0.1, -0.05) is 0 Å². The molecule has 0 aromatic carbocycles. The van der Waals surface area contributed by atoms with Crippen molar-refractivity contribution in [2.75, 3.05) is 0 Å². The summed E-state index contributed by atoms with van der Waals surface area (Å²) in [5.74, 6) is 0. The van der Waals surface area contributed by atoms with Crippen LogP contribution in [0.3, 0.4) is 0 Å². The molecule has 76 valence electrons. The lowest BCUT2D eigenvalue weighted by Gasteiger charge is -2.40. The minimum atomic E-state index is 0.130. The summed E-state index contributed by atoms with van der Waals surface area (Å²) < 4.78 is 0. The summed E-state index contributed by atoms with van der Waals surface area (Å²) in [6.07, 6.45) is 4.32. The van der Waals surface area contributed by atoms with E-state index in [4.69, 9.17) is 0 Å². The van der Waals surface area contributed by atoms with Gasteiger partial charge in [-0.15, -0.1) is 24.0 Å². The molecule has 1 atom stereocenters. The predicted molar refractivity (Wildman–Crippen MR) is 66.7 cm³/mol. The Labute approximate surface area is 94.8 Å². The molecule has 1 aromatic heterocycles. The van der Waals surface area contributed by atoms with Crippen molar-refractivity contribution >= 4 is 30.0 Å². The lowest BCUT2D eigenvalue weighted by molar-refractivity contribution is 0.194. The number of thiol groups is 1. The molecule has 0 amide bonds. The Bertz CT molecular complexity index is 360. The van der Waals surface area contributed by atoms with Gasteiger partial charge in [-0.05, 0) is 43.9 Å². The van der Waals surface area contributed by atoms with E-state index in [1.807, 2.05) is 0 Å². The summed E-state index contributed by atoms with van der Waals surface area (Å²) in [7, 11) is 0. The van der Waals surface area contributed by atoms with Crippen LogP contribution < -0.4 is 0 Å². The molecule has 0 spiro atoms. The largest absolute Gasteiger partial charge is 0.356 e. The van der Waals surface area contributed by atoms with Crippen LogP contribution in [0.2, 0.25) is 0 Å². The Balaban J connectivity index is 2.38. The van der Waals surface area contributed by atoms with Gasteiger partial charge in [0, 0.05) is 16.6 Å². The van der Waals surface area contributed by atoms with E-state index in [-0.39, 0.29) is 10.9 Å². The van der Waals surface area contributed by atoms with E-state index < -0.39 is 0 Å². The average Bonchev–Trinajstić information content (AvgIpc) is 2.50. The summed E-state index contributed by atoms with van der Waals surface area (Å²) in [4.78, 5) is 3.64. The molecule has 0 saturated heterocycles. The maximum absolute atomic E-state index is 4.68. The molecule has 0 fully saturated rings. The molecule has 2 heterocycles. The first-order valence-electron chi connectivity index (χ1n) is 4.72. The molecule has 1 aliphatic heterocycles. The average molecular weight is 225 g/mol. The van der Waals surface area contributed by atoms with Gasteiger partial charge in [0.15, 0.2) is 0 Å². The van der Waals surface area contributed by atoms with Crippen molar-refractivity contribution in [2.24, 2.45) is 0 Å². The molecule has 1 unspecified atom stereocenters. The Morgan fingerprint density at radius 2 is 2.14 bits per heavy atom. The maximum Gasteiger partial charge on any atom is 0.107 e. The molecule has 1 nitrogen and oxygen atoms in total. The van der Waals surface area contributed by atoms with Gasteiger partial charge in [0.1, 0.15) is 5.37 Å². The second-order valence-electron chi connectivity index (χ2n) is 4.51. The van der Waals surface area contributed by atoms with Gasteiger partial charge in [-0.2, -0.15) is 0 Å². The standard InChI is InChI=1S/C11H15NS2/c1-11(2,3)12-6-4-8-5-7-14-9(8)10(12)13/h4-7,10,13H,1-3H3. The van der Waals surface area contributed by atoms with Crippen LogP contribution in [0.1, 0.15) is 36.6 Å². The van der Waals surface area contributed by atoms with Gasteiger partial charge in [0.25, 0.3) is 0 Å². The zero-order valence-corrected chi connectivity index (χ0v) is 10.4. The fraction of sp³-hybridized carbons (Fsp3) is 0.455. The summed E-state index contributed by atoms with van der Waals surface area (Å²) >= 11 is 6.46. The monoisotopic (exact) mass is 225 g/mol. The van der Waals surface area contributed by atoms with E-state index in [1.54, 1.807) is 11.3 Å². The van der Waals surface area contributed by atoms with Crippen LogP contribution in [0.15, 0.2) is 17.6 Å². The van der Waals surface area contributed by atoms with Crippen LogP contribution in [0, 0.1) is 0 Å². The van der Waals surface area contributed by atoms with Crippen molar-refractivity contribution in [3.8, 4) is 0 Å². The highest BCUT2D eigenvalue weighted by molar-refractivity contribution is 7.80. The molecular formula is C11H15NS2. The van der Waals surface area contributed by atoms with E-state index in [1.165, 1.54) is 10.4 Å². The van der Waals surface area contributed by atoms with Crippen molar-refractivity contribution in [3.05, 3.63) is 28.1 Å². The van der Waals surface area contributed by atoms with Crippen LogP contribution in [0.4, 0.5) is 0 Å². The van der Waals surface area contributed by atoms with E-state index in [0.717, 1.165) is 0 Å². The van der Waals surface area contributed by atoms with Crippen molar-refractivity contribution < 1.29 is 0 Å². The minimum Gasteiger partial charge on any atom is -0.356 e. The number of hydrogen-bond acceptors (Lipinski definition) is 3. The zero-order valence-electron chi connectivity index (χ0n) is 8.69. The van der Waals surface area contributed by atoms with Crippen LogP contribution in [-0.4, -0.2) is 10.4 Å². The summed E-state index contributed by atoms with van der Waals surface area (Å²) in [6, 6.07) is 2.15. The smallest absolute Gasteiger partial charge is 0.107 e. The summed E-state index contributed by atoms with van der Waals surface area (Å²) in [5, 5.41) is 2.33. The Kier molecular flexibility index (Phi) is 2.40. The molecule has 2 rings (SSSR count). The number of rotatable bonds is 0. The van der Waals surface area contributed by atoms with Gasteiger partial charge in [-0.25, -0.2) is 0 Å². The molecule has 1 aromatic rings. The van der Waals surface area contributed by atoms with E-state index in [9.17, 15) is 0 Å². The minimum absolute atomic E-state index is 0.130. The normalized spacial score (nSPS) is 21.1. The Morgan fingerprint density at radius 3 is 2.79 bits per heavy atom. The molecule has 0 saturated carbocycles. The fourth-order valence-electron chi connectivity index (χ4n) is 1.64. The molecule has 14 heavy (non-hydrogen) atoms. The second-order valence-corrected chi connectivity index (χ2v) is 5.94. The van der Waals surface area contributed by atoms with Crippen molar-refractivity contribution in [2.45, 2.75) is 31.7 Å². The Hall–Kier alpha value is -0.410. The first-order valence-corrected chi connectivity index (χ1v) is 6.12. The van der Waals surface area contributed by atoms with Gasteiger partial charge in [0.05, 0.1) is 0 Å². The quantitative estimate of drug-likeness (QED) is 0.658. The zero-order chi connectivity index (χ0) is 10.3. The third-order valence-electron chi connectivity index (χ3n) is 2.41. The highest BCUT2D eigenvalue weighted by Gasteiger charge is 2.29. The van der Waals surface area contributed by atoms with Gasteiger partial charge >= 0.3 is 0 Å². The first-order chi connectivity index (χ1) is 6.50. The van der Waals surface area contributed by atoms with E-state index >= 15 is 0 Å². The van der Waals surface area contributed by atoms with Gasteiger partial charge in [-0.3, -0.25) is 0 Å². The van der Waals surface area contributed by atoms with Crippen LogP contribution >= 0.6 is 24.0 Å². The predicted octanol–water partition coefficient (Wildman–Crippen LogP) is 3.76. The SMILES string of the molecule is CC(C)(C)N1C=Cc2ccsc2C1S. The lowest BCUT2D eigenvalue weighted by Crippen LogP contribution is -2.39. The fourth-order valence-corrected chi connectivity index (χ4v) is 3.26. The molecule has 0 aliphatic carbocycles. The topological polar surface area (TPSA) is 3.24 Å². The molecule has 3 heteroatoms. The number of hydrogen-bond donors (Lipinski definition) is 1. The van der Waals surface area contributed by atoms with E-state index in [2.05, 4.69) is 62.0 Å². The second kappa shape index (κ2) is 3.31. The van der Waals surface area contributed by atoms with Crippen LogP contribution in [0.5, 0.6) is 0 Å². The van der Waals surface area contributed by atoms with Crippen molar-refractivity contribution in [3.63, 3.8) is 0 Å². The molecule has 1 aliphatic rings. The third-order valence-corrected chi connectivity index (χ3v) is 4.08. The van der Waals surface area contributed by atoms with Crippen molar-refractivity contribution in [1.82, 2.24) is 4.90 Å². The maximum atomic E-state index is 4.68. The first kappa shape index (κ1) is 10.1. The van der Waals surface area contributed by atoms with E-state index in [0.29, 0.717) is 0 Å². The molecule has 0 bridgehead atoms. The number of thiophene rings is 1. The third kappa shape index (κ3) is 1.59. The summed E-state index contributed by atoms with van der Waals surface area (Å²) in [5.41, 5.74) is 1.44. The lowest BCUT2D eigenvalue weighted by atomic mass is 10.0. The highest BCUT2D eigenvalue weighted by Crippen LogP contribution is 2.40. The van der Waals surface area contributed by atoms with Crippen LogP contribution in [0.25, 0.3) is 6.08 Å². The molecular weight excluding hydrogens is 210 g/mol. The number of fused-ring (bicyclic) bond motifs is 1. The summed E-state index contributed by atoms with van der Waals surface area (Å²) in [6.45, 7) is 6.62. The van der Waals surface area contributed by atoms with Gasteiger partial charge < -0.3 is 4.90 Å².